The number of anilines is 2. The molecule has 0 heterocycles. The Hall–Kier alpha value is -2.01. The molecule has 22 heavy (non-hydrogen) atoms. The number of carbonyl (C=O) groups excluding carboxylic acids is 1. The lowest BCUT2D eigenvalue weighted by Gasteiger charge is -2.28. The summed E-state index contributed by atoms with van der Waals surface area (Å²) in [5.74, 6) is 0. The van der Waals surface area contributed by atoms with E-state index in [9.17, 15) is 4.79 Å². The van der Waals surface area contributed by atoms with Crippen LogP contribution in [-0.2, 0) is 4.74 Å². The first-order valence-corrected chi connectivity index (χ1v) is 7.75. The summed E-state index contributed by atoms with van der Waals surface area (Å²) < 4.78 is 6.40. The molecule has 0 radical (unpaired) electrons. The first-order chi connectivity index (χ1) is 10.3. The number of benzene rings is 2. The quantitative estimate of drug-likeness (QED) is 0.761. The lowest BCUT2D eigenvalue weighted by atomic mass is 10.2. The van der Waals surface area contributed by atoms with Gasteiger partial charge < -0.3 is 4.74 Å². The second-order valence-corrected chi connectivity index (χ2v) is 6.69. The Morgan fingerprint density at radius 1 is 1.09 bits per heavy atom. The molecule has 1 amide bonds. The predicted molar refractivity (Wildman–Crippen MR) is 92.9 cm³/mol. The Balaban J connectivity index is 2.28. The third kappa shape index (κ3) is 4.77. The number of halogens is 1. The second-order valence-electron chi connectivity index (χ2n) is 5.77. The van der Waals surface area contributed by atoms with Gasteiger partial charge >= 0.3 is 6.09 Å². The molecule has 0 aliphatic carbocycles. The molecule has 0 atom stereocenters. The molecule has 2 aromatic rings. The third-order valence-electron chi connectivity index (χ3n) is 2.66. The Morgan fingerprint density at radius 2 is 1.77 bits per heavy atom. The van der Waals surface area contributed by atoms with E-state index in [1.54, 1.807) is 0 Å². The van der Waals surface area contributed by atoms with Crippen LogP contribution in [0.3, 0.4) is 0 Å². The average molecular weight is 363 g/mol. The van der Waals surface area contributed by atoms with Gasteiger partial charge in [0.15, 0.2) is 0 Å². The van der Waals surface area contributed by atoms with Gasteiger partial charge in [-0.1, -0.05) is 40.2 Å². The predicted octanol–water partition coefficient (Wildman–Crippen LogP) is 5.22. The molecule has 0 spiro atoms. The van der Waals surface area contributed by atoms with Gasteiger partial charge in [0.1, 0.15) is 5.60 Å². The van der Waals surface area contributed by atoms with E-state index < -0.39 is 11.7 Å². The van der Waals surface area contributed by atoms with Gasteiger partial charge in [0, 0.05) is 4.47 Å². The Kier molecular flexibility index (Phi) is 5.08. The summed E-state index contributed by atoms with van der Waals surface area (Å²) in [6.07, 6.45) is -0.460. The van der Waals surface area contributed by atoms with Crippen molar-refractivity contribution in [1.29, 1.82) is 0 Å². The Morgan fingerprint density at radius 3 is 2.36 bits per heavy atom. The second kappa shape index (κ2) is 6.83. The SMILES string of the molecule is CC(C)(C)OC(=O)N(Nc1cccc(Br)c1)c1ccccc1. The molecule has 2 rings (SSSR count). The van der Waals surface area contributed by atoms with Crippen molar-refractivity contribution >= 4 is 33.4 Å². The van der Waals surface area contributed by atoms with Gasteiger partial charge in [-0.15, -0.1) is 0 Å². The minimum absolute atomic E-state index is 0.460. The maximum atomic E-state index is 12.5. The third-order valence-corrected chi connectivity index (χ3v) is 3.15. The first-order valence-electron chi connectivity index (χ1n) is 6.95. The molecule has 1 N–H and O–H groups in total. The molecule has 0 unspecified atom stereocenters. The van der Waals surface area contributed by atoms with Gasteiger partial charge in [-0.25, -0.2) is 4.79 Å². The van der Waals surface area contributed by atoms with Crippen LogP contribution >= 0.6 is 15.9 Å². The van der Waals surface area contributed by atoms with Crippen LogP contribution in [0.1, 0.15) is 20.8 Å². The fourth-order valence-electron chi connectivity index (χ4n) is 1.79. The molecule has 0 aliphatic rings. The maximum Gasteiger partial charge on any atom is 0.433 e. The number of nitrogens with zero attached hydrogens (tertiary/aromatic N) is 1. The molecule has 0 saturated carbocycles. The number of hydrogen-bond acceptors (Lipinski definition) is 3. The molecule has 0 aromatic heterocycles. The highest BCUT2D eigenvalue weighted by molar-refractivity contribution is 9.10. The standard InChI is InChI=1S/C17H19BrN2O2/c1-17(2,3)22-16(21)20(15-10-5-4-6-11-15)19-14-9-7-8-13(18)12-14/h4-12,19H,1-3H3. The molecular weight excluding hydrogens is 344 g/mol. The zero-order valence-electron chi connectivity index (χ0n) is 12.8. The summed E-state index contributed by atoms with van der Waals surface area (Å²) in [7, 11) is 0. The summed E-state index contributed by atoms with van der Waals surface area (Å²) in [5, 5.41) is 1.40. The minimum Gasteiger partial charge on any atom is -0.442 e. The number of carbonyl (C=O) groups is 1. The number of para-hydroxylation sites is 1. The van der Waals surface area contributed by atoms with Crippen molar-refractivity contribution in [3.63, 3.8) is 0 Å². The van der Waals surface area contributed by atoms with E-state index in [0.717, 1.165) is 10.2 Å². The molecule has 116 valence electrons. The van der Waals surface area contributed by atoms with Crippen molar-refractivity contribution in [1.82, 2.24) is 0 Å². The lowest BCUT2D eigenvalue weighted by molar-refractivity contribution is 0.0589. The van der Waals surface area contributed by atoms with Crippen LogP contribution in [0.5, 0.6) is 0 Å². The van der Waals surface area contributed by atoms with Crippen molar-refractivity contribution < 1.29 is 9.53 Å². The van der Waals surface area contributed by atoms with Crippen LogP contribution in [-0.4, -0.2) is 11.7 Å². The molecule has 2 aromatic carbocycles. The van der Waals surface area contributed by atoms with Crippen LogP contribution in [0.15, 0.2) is 59.1 Å². The van der Waals surface area contributed by atoms with E-state index in [1.807, 2.05) is 75.4 Å². The summed E-state index contributed by atoms with van der Waals surface area (Å²) in [5.41, 5.74) is 4.01. The monoisotopic (exact) mass is 362 g/mol. The Bertz CT molecular complexity index is 639. The van der Waals surface area contributed by atoms with Gasteiger partial charge in [-0.05, 0) is 51.1 Å². The van der Waals surface area contributed by atoms with Crippen molar-refractivity contribution in [2.45, 2.75) is 26.4 Å². The topological polar surface area (TPSA) is 41.6 Å². The highest BCUT2D eigenvalue weighted by atomic mass is 79.9. The van der Waals surface area contributed by atoms with E-state index in [2.05, 4.69) is 21.4 Å². The van der Waals surface area contributed by atoms with Gasteiger partial charge in [-0.2, -0.15) is 5.01 Å². The molecule has 0 bridgehead atoms. The Labute approximate surface area is 139 Å². The van der Waals surface area contributed by atoms with Gasteiger partial charge in [-0.3, -0.25) is 5.43 Å². The summed E-state index contributed by atoms with van der Waals surface area (Å²) >= 11 is 3.42. The van der Waals surface area contributed by atoms with Gasteiger partial charge in [0.2, 0.25) is 0 Å². The number of ether oxygens (including phenoxy) is 1. The van der Waals surface area contributed by atoms with E-state index >= 15 is 0 Å². The van der Waals surface area contributed by atoms with Crippen LogP contribution < -0.4 is 10.4 Å². The summed E-state index contributed by atoms with van der Waals surface area (Å²) in [4.78, 5) is 12.5. The van der Waals surface area contributed by atoms with E-state index in [4.69, 9.17) is 4.74 Å². The average Bonchev–Trinajstić information content (AvgIpc) is 2.44. The fourth-order valence-corrected chi connectivity index (χ4v) is 2.19. The largest absolute Gasteiger partial charge is 0.442 e. The van der Waals surface area contributed by atoms with Crippen LogP contribution in [0.2, 0.25) is 0 Å². The van der Waals surface area contributed by atoms with Crippen LogP contribution in [0, 0.1) is 0 Å². The number of amides is 1. The zero-order chi connectivity index (χ0) is 16.2. The van der Waals surface area contributed by atoms with Gasteiger partial charge in [0.05, 0.1) is 11.4 Å². The molecular formula is C17H19BrN2O2. The highest BCUT2D eigenvalue weighted by Gasteiger charge is 2.23. The summed E-state index contributed by atoms with van der Waals surface area (Å²) in [6, 6.07) is 16.9. The van der Waals surface area contributed by atoms with E-state index in [1.165, 1.54) is 5.01 Å². The van der Waals surface area contributed by atoms with Crippen molar-refractivity contribution in [2.24, 2.45) is 0 Å². The first kappa shape index (κ1) is 16.4. The number of nitrogens with one attached hydrogen (secondary N) is 1. The van der Waals surface area contributed by atoms with Crippen LogP contribution in [0.25, 0.3) is 0 Å². The summed E-state index contributed by atoms with van der Waals surface area (Å²) in [6.45, 7) is 5.52. The van der Waals surface area contributed by atoms with E-state index in [-0.39, 0.29) is 0 Å². The number of hydrogen-bond donors (Lipinski definition) is 1. The van der Waals surface area contributed by atoms with Crippen molar-refractivity contribution in [3.8, 4) is 0 Å². The normalized spacial score (nSPS) is 10.9. The molecule has 0 aliphatic heterocycles. The van der Waals surface area contributed by atoms with E-state index in [0.29, 0.717) is 5.69 Å². The zero-order valence-corrected chi connectivity index (χ0v) is 14.4. The maximum absolute atomic E-state index is 12.5. The number of rotatable bonds is 3. The minimum atomic E-state index is -0.566. The smallest absolute Gasteiger partial charge is 0.433 e. The highest BCUT2D eigenvalue weighted by Crippen LogP contribution is 2.21. The van der Waals surface area contributed by atoms with Gasteiger partial charge in [0.25, 0.3) is 0 Å². The molecule has 0 fully saturated rings. The number of hydrazine groups is 1. The molecule has 5 heteroatoms. The van der Waals surface area contributed by atoms with Crippen molar-refractivity contribution in [3.05, 3.63) is 59.1 Å². The van der Waals surface area contributed by atoms with Crippen molar-refractivity contribution in [2.75, 3.05) is 10.4 Å². The lowest BCUT2D eigenvalue weighted by Crippen LogP contribution is -2.40. The fraction of sp³-hybridized carbons (Fsp3) is 0.235. The molecule has 4 nitrogen and oxygen atoms in total. The molecule has 0 saturated heterocycles. The van der Waals surface area contributed by atoms with Crippen LogP contribution in [0.4, 0.5) is 16.2 Å².